The molecule has 2 N–H and O–H groups in total. The first kappa shape index (κ1) is 27.9. The zero-order chi connectivity index (χ0) is 20.4. The number of benzene rings is 2. The summed E-state index contributed by atoms with van der Waals surface area (Å²) in [5.74, 6) is 0.705. The Morgan fingerprint density at radius 3 is 1.56 bits per heavy atom. The van der Waals surface area contributed by atoms with E-state index >= 15 is 0 Å². The highest BCUT2D eigenvalue weighted by Crippen LogP contribution is 2.32. The van der Waals surface area contributed by atoms with E-state index in [9.17, 15) is 19.0 Å². The van der Waals surface area contributed by atoms with Gasteiger partial charge in [0, 0.05) is 0 Å². The van der Waals surface area contributed by atoms with Crippen LogP contribution in [0, 0.1) is 11.6 Å². The molecular formula is C26H38F2O4. The van der Waals surface area contributed by atoms with Gasteiger partial charge in [-0.15, -0.1) is 0 Å². The van der Waals surface area contributed by atoms with E-state index in [4.69, 9.17) is 9.47 Å². The van der Waals surface area contributed by atoms with Crippen molar-refractivity contribution in [2.75, 3.05) is 0 Å². The van der Waals surface area contributed by atoms with Gasteiger partial charge in [0.1, 0.15) is 35.3 Å². The lowest BCUT2D eigenvalue weighted by molar-refractivity contribution is 0.00133. The van der Waals surface area contributed by atoms with Crippen LogP contribution in [0.25, 0.3) is 0 Å². The van der Waals surface area contributed by atoms with Crippen LogP contribution in [-0.2, 0) is 12.8 Å². The van der Waals surface area contributed by atoms with Gasteiger partial charge in [-0.25, -0.2) is 8.78 Å². The summed E-state index contributed by atoms with van der Waals surface area (Å²) in [4.78, 5) is 0. The van der Waals surface area contributed by atoms with Gasteiger partial charge in [0.05, 0.1) is 12.2 Å². The third kappa shape index (κ3) is 6.42. The lowest BCUT2D eigenvalue weighted by Crippen LogP contribution is -2.36. The number of aliphatic hydroxyl groups is 2. The second kappa shape index (κ2) is 12.2. The summed E-state index contributed by atoms with van der Waals surface area (Å²) in [7, 11) is 0. The number of aryl methyl sites for hydroxylation is 2. The van der Waals surface area contributed by atoms with E-state index in [1.54, 1.807) is 12.1 Å². The molecule has 0 bridgehead atoms. The van der Waals surface area contributed by atoms with Crippen molar-refractivity contribution in [3.63, 3.8) is 0 Å². The van der Waals surface area contributed by atoms with E-state index in [0.29, 0.717) is 56.4 Å². The first-order valence-electron chi connectivity index (χ1n) is 10.3. The van der Waals surface area contributed by atoms with Gasteiger partial charge in [-0.1, -0.05) is 22.3 Å². The highest BCUT2D eigenvalue weighted by atomic mass is 19.1. The maximum atomic E-state index is 13.3. The van der Waals surface area contributed by atoms with Crippen molar-refractivity contribution in [1.82, 2.24) is 0 Å². The minimum atomic E-state index is -0.642. The zero-order valence-electron chi connectivity index (χ0n) is 16.2. The number of ether oxygens (including phenoxy) is 2. The van der Waals surface area contributed by atoms with Crippen LogP contribution in [0.4, 0.5) is 8.78 Å². The maximum absolute atomic E-state index is 13.3. The molecular weight excluding hydrogens is 414 g/mol. The van der Waals surface area contributed by atoms with E-state index < -0.39 is 12.2 Å². The number of aliphatic hydroxyl groups excluding tert-OH is 2. The molecule has 4 rings (SSSR count). The average Bonchev–Trinajstić information content (AvgIpc) is 2.72. The standard InChI is InChI=1S/C23H26F2O4.3CH4/c24-16-6-10-20-14(12-16)4-8-22(28-20)18(26)2-1-3-19(27)23-9-5-15-13-17(25)7-11-21(15)29-23;;;/h6-7,10-13,18-19,22-23,26-27H,1-5,8-9H2;3*1H4. The highest BCUT2D eigenvalue weighted by molar-refractivity contribution is 5.36. The summed E-state index contributed by atoms with van der Waals surface area (Å²) >= 11 is 0. The van der Waals surface area contributed by atoms with Crippen LogP contribution in [0.3, 0.4) is 0 Å². The smallest absolute Gasteiger partial charge is 0.125 e. The van der Waals surface area contributed by atoms with Crippen molar-refractivity contribution in [3.05, 3.63) is 59.2 Å². The van der Waals surface area contributed by atoms with E-state index in [2.05, 4.69) is 0 Å². The SMILES string of the molecule is C.C.C.OC(CCCC(O)C1CCc2cc(F)ccc2O1)C1CCc2cc(F)ccc2O1. The van der Waals surface area contributed by atoms with E-state index in [1.807, 2.05) is 0 Å². The van der Waals surface area contributed by atoms with Crippen molar-refractivity contribution < 1.29 is 28.5 Å². The zero-order valence-corrected chi connectivity index (χ0v) is 16.2. The molecule has 2 aromatic rings. The Labute approximate surface area is 191 Å². The Hall–Kier alpha value is -2.18. The average molecular weight is 453 g/mol. The first-order chi connectivity index (χ1) is 14.0. The Morgan fingerprint density at radius 2 is 1.16 bits per heavy atom. The number of fused-ring (bicyclic) bond motifs is 2. The fourth-order valence-corrected chi connectivity index (χ4v) is 4.21. The monoisotopic (exact) mass is 452 g/mol. The third-order valence-electron chi connectivity index (χ3n) is 5.86. The lowest BCUT2D eigenvalue weighted by Gasteiger charge is -2.31. The summed E-state index contributed by atoms with van der Waals surface area (Å²) in [5, 5.41) is 21.0. The molecule has 6 heteroatoms. The van der Waals surface area contributed by atoms with Crippen molar-refractivity contribution in [2.45, 2.75) is 91.6 Å². The van der Waals surface area contributed by atoms with Gasteiger partial charge < -0.3 is 19.7 Å². The minimum Gasteiger partial charge on any atom is -0.487 e. The van der Waals surface area contributed by atoms with Crippen molar-refractivity contribution in [2.24, 2.45) is 0 Å². The predicted octanol–water partition coefficient (Wildman–Crippen LogP) is 5.85. The van der Waals surface area contributed by atoms with Crippen LogP contribution in [0.1, 0.15) is 65.5 Å². The molecule has 0 aliphatic carbocycles. The van der Waals surface area contributed by atoms with Gasteiger partial charge in [0.15, 0.2) is 0 Å². The van der Waals surface area contributed by atoms with Crippen molar-refractivity contribution in [1.29, 1.82) is 0 Å². The fraction of sp³-hybridized carbons (Fsp3) is 0.538. The van der Waals surface area contributed by atoms with Crippen LogP contribution in [-0.4, -0.2) is 34.6 Å². The molecule has 0 aromatic heterocycles. The summed E-state index contributed by atoms with van der Waals surface area (Å²) in [6.07, 6.45) is 2.34. The molecule has 0 radical (unpaired) electrons. The molecule has 0 amide bonds. The maximum Gasteiger partial charge on any atom is 0.125 e. The van der Waals surface area contributed by atoms with Crippen LogP contribution in [0.5, 0.6) is 11.5 Å². The lowest BCUT2D eigenvalue weighted by atomic mass is 9.94. The topological polar surface area (TPSA) is 58.9 Å². The molecule has 2 heterocycles. The summed E-state index contributed by atoms with van der Waals surface area (Å²) in [6.45, 7) is 0. The normalized spacial score (nSPS) is 20.5. The van der Waals surface area contributed by atoms with Gasteiger partial charge in [0.25, 0.3) is 0 Å². The van der Waals surface area contributed by atoms with Gasteiger partial charge in [-0.3, -0.25) is 0 Å². The van der Waals surface area contributed by atoms with Crippen molar-refractivity contribution >= 4 is 0 Å². The highest BCUT2D eigenvalue weighted by Gasteiger charge is 2.29. The minimum absolute atomic E-state index is 0. The molecule has 180 valence electrons. The second-order valence-corrected chi connectivity index (χ2v) is 7.96. The molecule has 2 aliphatic heterocycles. The number of rotatable bonds is 6. The molecule has 4 nitrogen and oxygen atoms in total. The van der Waals surface area contributed by atoms with Gasteiger partial charge >= 0.3 is 0 Å². The fourth-order valence-electron chi connectivity index (χ4n) is 4.21. The van der Waals surface area contributed by atoms with Crippen LogP contribution >= 0.6 is 0 Å². The quantitative estimate of drug-likeness (QED) is 0.577. The Morgan fingerprint density at radius 1 is 0.750 bits per heavy atom. The van der Waals surface area contributed by atoms with Gasteiger partial charge in [-0.05, 0) is 92.5 Å². The van der Waals surface area contributed by atoms with E-state index in [-0.39, 0.29) is 46.1 Å². The first-order valence-corrected chi connectivity index (χ1v) is 10.3. The van der Waals surface area contributed by atoms with Crippen LogP contribution < -0.4 is 9.47 Å². The number of hydrogen-bond donors (Lipinski definition) is 2. The summed E-state index contributed by atoms with van der Waals surface area (Å²) in [6, 6.07) is 8.89. The molecule has 0 spiro atoms. The number of hydrogen-bond acceptors (Lipinski definition) is 4. The molecule has 0 saturated heterocycles. The Bertz CT molecular complexity index is 788. The third-order valence-corrected chi connectivity index (χ3v) is 5.86. The second-order valence-electron chi connectivity index (χ2n) is 7.96. The summed E-state index contributed by atoms with van der Waals surface area (Å²) < 4.78 is 38.3. The van der Waals surface area contributed by atoms with E-state index in [0.717, 1.165) is 11.1 Å². The van der Waals surface area contributed by atoms with Gasteiger partial charge in [-0.2, -0.15) is 0 Å². The molecule has 4 atom stereocenters. The molecule has 4 unspecified atom stereocenters. The predicted molar refractivity (Wildman–Crippen MR) is 124 cm³/mol. The molecule has 2 aromatic carbocycles. The molecule has 32 heavy (non-hydrogen) atoms. The number of halogens is 2. The molecule has 2 aliphatic rings. The Balaban J connectivity index is 0.00000171. The molecule has 0 saturated carbocycles. The summed E-state index contributed by atoms with van der Waals surface area (Å²) in [5.41, 5.74) is 1.66. The van der Waals surface area contributed by atoms with Crippen LogP contribution in [0.2, 0.25) is 0 Å². The Kier molecular flexibility index (Phi) is 10.6. The van der Waals surface area contributed by atoms with Crippen molar-refractivity contribution in [3.8, 4) is 11.5 Å². The molecule has 0 fully saturated rings. The largest absolute Gasteiger partial charge is 0.487 e. The van der Waals surface area contributed by atoms with E-state index in [1.165, 1.54) is 24.3 Å². The van der Waals surface area contributed by atoms with Crippen LogP contribution in [0.15, 0.2) is 36.4 Å². The van der Waals surface area contributed by atoms with Gasteiger partial charge in [0.2, 0.25) is 0 Å².